The zero-order valence-electron chi connectivity index (χ0n) is 15.0. The molecule has 0 atom stereocenters. The summed E-state index contributed by atoms with van der Waals surface area (Å²) in [5.74, 6) is -1.62. The highest BCUT2D eigenvalue weighted by Crippen LogP contribution is 2.20. The number of rotatable bonds is 6. The Morgan fingerprint density at radius 3 is 1.78 bits per heavy atom. The second-order valence-corrected chi connectivity index (χ2v) is 5.95. The van der Waals surface area contributed by atoms with E-state index in [9.17, 15) is 14.4 Å². The summed E-state index contributed by atoms with van der Waals surface area (Å²) in [5, 5.41) is 0. The van der Waals surface area contributed by atoms with Gasteiger partial charge in [-0.1, -0.05) is 66.7 Å². The highest BCUT2D eigenvalue weighted by atomic mass is 16.2. The molecular weight excluding hydrogens is 338 g/mol. The lowest BCUT2D eigenvalue weighted by Gasteiger charge is -2.22. The van der Waals surface area contributed by atoms with Crippen molar-refractivity contribution in [1.29, 1.82) is 0 Å². The Labute approximate surface area is 158 Å². The Bertz CT molecular complexity index is 965. The minimum Gasteiger partial charge on any atom is -0.309 e. The van der Waals surface area contributed by atoms with Gasteiger partial charge in [0.1, 0.15) is 0 Å². The van der Waals surface area contributed by atoms with E-state index < -0.39 is 11.6 Å². The van der Waals surface area contributed by atoms with Gasteiger partial charge in [-0.15, -0.1) is 0 Å². The van der Waals surface area contributed by atoms with E-state index in [1.807, 2.05) is 37.3 Å². The third-order valence-corrected chi connectivity index (χ3v) is 4.27. The van der Waals surface area contributed by atoms with E-state index in [0.717, 1.165) is 5.69 Å². The summed E-state index contributed by atoms with van der Waals surface area (Å²) in [7, 11) is 0. The number of carbonyl (C=O) groups is 3. The number of carbonyl (C=O) groups excluding carboxylic acids is 3. The number of anilines is 1. The quantitative estimate of drug-likeness (QED) is 0.485. The van der Waals surface area contributed by atoms with Crippen LogP contribution in [0.4, 0.5) is 5.69 Å². The zero-order valence-corrected chi connectivity index (χ0v) is 15.0. The maximum atomic E-state index is 13.1. The molecule has 4 nitrogen and oxygen atoms in total. The molecule has 1 amide bonds. The van der Waals surface area contributed by atoms with Crippen LogP contribution in [0.25, 0.3) is 0 Å². The van der Waals surface area contributed by atoms with E-state index in [1.54, 1.807) is 53.4 Å². The van der Waals surface area contributed by atoms with Crippen molar-refractivity contribution in [1.82, 2.24) is 0 Å². The minimum absolute atomic E-state index is 0.116. The molecule has 134 valence electrons. The Morgan fingerprint density at radius 2 is 1.19 bits per heavy atom. The first-order chi connectivity index (χ1) is 13.1. The molecule has 3 aromatic carbocycles. The van der Waals surface area contributed by atoms with Crippen molar-refractivity contribution in [2.45, 2.75) is 6.92 Å². The molecule has 0 bridgehead atoms. The smallest absolute Gasteiger partial charge is 0.259 e. The molecule has 0 N–H and O–H groups in total. The van der Waals surface area contributed by atoms with Crippen molar-refractivity contribution in [2.24, 2.45) is 0 Å². The third-order valence-electron chi connectivity index (χ3n) is 4.27. The van der Waals surface area contributed by atoms with E-state index in [1.165, 1.54) is 6.07 Å². The Balaban J connectivity index is 1.97. The minimum atomic E-state index is -0.686. The fourth-order valence-corrected chi connectivity index (χ4v) is 2.91. The molecule has 0 aliphatic rings. The van der Waals surface area contributed by atoms with Crippen LogP contribution in [0.1, 0.15) is 38.0 Å². The number of para-hydroxylation sites is 1. The SMILES string of the molecule is CCN(C(=O)c1ccccc1C(=O)C(=O)c1ccccc1)c1ccccc1. The van der Waals surface area contributed by atoms with Gasteiger partial charge in [-0.3, -0.25) is 14.4 Å². The van der Waals surface area contributed by atoms with Crippen molar-refractivity contribution >= 4 is 23.2 Å². The first kappa shape index (κ1) is 18.3. The predicted octanol–water partition coefficient (Wildman–Crippen LogP) is 4.42. The lowest BCUT2D eigenvalue weighted by Crippen LogP contribution is -2.32. The van der Waals surface area contributed by atoms with Crippen LogP contribution in [-0.4, -0.2) is 24.0 Å². The standard InChI is InChI=1S/C23H19NO3/c1-2-24(18-13-7-4-8-14-18)23(27)20-16-10-9-15-19(20)22(26)21(25)17-11-5-3-6-12-17/h3-16H,2H2,1H3. The summed E-state index contributed by atoms with van der Waals surface area (Å²) in [4.78, 5) is 40.1. The Hall–Kier alpha value is -3.53. The molecule has 0 saturated carbocycles. The molecule has 0 spiro atoms. The molecule has 27 heavy (non-hydrogen) atoms. The average Bonchev–Trinajstić information content (AvgIpc) is 2.74. The van der Waals surface area contributed by atoms with Crippen LogP contribution in [0.2, 0.25) is 0 Å². The van der Waals surface area contributed by atoms with Gasteiger partial charge in [-0.25, -0.2) is 0 Å². The molecule has 3 aromatic rings. The number of hydrogen-bond acceptors (Lipinski definition) is 3. The number of Topliss-reactive ketones (excluding diaryl/α,β-unsaturated/α-hetero) is 2. The fourth-order valence-electron chi connectivity index (χ4n) is 2.91. The molecule has 0 radical (unpaired) electrons. The van der Waals surface area contributed by atoms with Gasteiger partial charge >= 0.3 is 0 Å². The van der Waals surface area contributed by atoms with Crippen LogP contribution in [-0.2, 0) is 0 Å². The van der Waals surface area contributed by atoms with Gasteiger partial charge in [-0.05, 0) is 25.1 Å². The number of ketones is 2. The van der Waals surface area contributed by atoms with Crippen LogP contribution < -0.4 is 4.90 Å². The summed E-state index contributed by atoms with van der Waals surface area (Å²) in [5.41, 5.74) is 1.38. The van der Waals surface area contributed by atoms with Crippen molar-refractivity contribution in [3.8, 4) is 0 Å². The van der Waals surface area contributed by atoms with Crippen LogP contribution in [0.15, 0.2) is 84.9 Å². The van der Waals surface area contributed by atoms with Gasteiger partial charge in [0.05, 0.1) is 5.56 Å². The Kier molecular flexibility index (Phi) is 5.57. The van der Waals surface area contributed by atoms with Crippen molar-refractivity contribution in [2.75, 3.05) is 11.4 Å². The maximum Gasteiger partial charge on any atom is 0.259 e. The number of benzene rings is 3. The molecule has 0 saturated heterocycles. The van der Waals surface area contributed by atoms with E-state index in [0.29, 0.717) is 12.1 Å². The largest absolute Gasteiger partial charge is 0.309 e. The van der Waals surface area contributed by atoms with Crippen LogP contribution >= 0.6 is 0 Å². The molecule has 0 fully saturated rings. The van der Waals surface area contributed by atoms with E-state index in [4.69, 9.17) is 0 Å². The van der Waals surface area contributed by atoms with Crippen LogP contribution in [0.5, 0.6) is 0 Å². The normalized spacial score (nSPS) is 10.3. The van der Waals surface area contributed by atoms with Crippen LogP contribution in [0.3, 0.4) is 0 Å². The molecule has 3 rings (SSSR count). The number of amides is 1. The molecule has 0 heterocycles. The lowest BCUT2D eigenvalue weighted by molar-refractivity contribution is 0.0814. The van der Waals surface area contributed by atoms with Gasteiger partial charge in [0.2, 0.25) is 11.6 Å². The van der Waals surface area contributed by atoms with Gasteiger partial charge in [0.25, 0.3) is 5.91 Å². The predicted molar refractivity (Wildman–Crippen MR) is 105 cm³/mol. The van der Waals surface area contributed by atoms with Crippen molar-refractivity contribution < 1.29 is 14.4 Å². The molecule has 0 unspecified atom stereocenters. The maximum absolute atomic E-state index is 13.1. The van der Waals surface area contributed by atoms with E-state index in [2.05, 4.69) is 0 Å². The Morgan fingerprint density at radius 1 is 0.667 bits per heavy atom. The highest BCUT2D eigenvalue weighted by molar-refractivity contribution is 6.50. The molecule has 4 heteroatoms. The summed E-state index contributed by atoms with van der Waals surface area (Å²) in [6.45, 7) is 2.31. The second kappa shape index (κ2) is 8.23. The third kappa shape index (κ3) is 3.85. The summed E-state index contributed by atoms with van der Waals surface area (Å²) < 4.78 is 0. The monoisotopic (exact) mass is 357 g/mol. The second-order valence-electron chi connectivity index (χ2n) is 5.95. The lowest BCUT2D eigenvalue weighted by atomic mass is 9.96. The van der Waals surface area contributed by atoms with Gasteiger partial charge in [-0.2, -0.15) is 0 Å². The topological polar surface area (TPSA) is 54.5 Å². The van der Waals surface area contributed by atoms with Gasteiger partial charge in [0, 0.05) is 23.4 Å². The molecule has 0 aliphatic heterocycles. The molecule has 0 aliphatic carbocycles. The first-order valence-corrected chi connectivity index (χ1v) is 8.73. The summed E-state index contributed by atoms with van der Waals surface area (Å²) in [6, 6.07) is 24.0. The fraction of sp³-hybridized carbons (Fsp3) is 0.0870. The highest BCUT2D eigenvalue weighted by Gasteiger charge is 2.26. The zero-order chi connectivity index (χ0) is 19.2. The first-order valence-electron chi connectivity index (χ1n) is 8.73. The number of nitrogens with zero attached hydrogens (tertiary/aromatic N) is 1. The summed E-state index contributed by atoms with van der Waals surface area (Å²) in [6.07, 6.45) is 0. The average molecular weight is 357 g/mol. The van der Waals surface area contributed by atoms with Crippen LogP contribution in [0, 0.1) is 0 Å². The summed E-state index contributed by atoms with van der Waals surface area (Å²) >= 11 is 0. The van der Waals surface area contributed by atoms with Gasteiger partial charge in [0.15, 0.2) is 0 Å². The molecular formula is C23H19NO3. The van der Waals surface area contributed by atoms with Crippen molar-refractivity contribution in [3.63, 3.8) is 0 Å². The van der Waals surface area contributed by atoms with Crippen molar-refractivity contribution in [3.05, 3.63) is 102 Å². The number of hydrogen-bond donors (Lipinski definition) is 0. The van der Waals surface area contributed by atoms with E-state index in [-0.39, 0.29) is 17.0 Å². The van der Waals surface area contributed by atoms with E-state index >= 15 is 0 Å². The van der Waals surface area contributed by atoms with Gasteiger partial charge < -0.3 is 4.90 Å². The molecule has 0 aromatic heterocycles.